The van der Waals surface area contributed by atoms with Crippen molar-refractivity contribution in [3.63, 3.8) is 0 Å². The Hall–Kier alpha value is -2.21. The molecule has 0 amide bonds. The van der Waals surface area contributed by atoms with Crippen molar-refractivity contribution < 1.29 is 19.8 Å². The van der Waals surface area contributed by atoms with Gasteiger partial charge in [0.1, 0.15) is 0 Å². The normalized spacial score (nSPS) is 9.47. The van der Waals surface area contributed by atoms with Gasteiger partial charge in [-0.25, -0.2) is 9.59 Å². The van der Waals surface area contributed by atoms with Gasteiger partial charge in [0.25, 0.3) is 0 Å². The highest BCUT2D eigenvalue weighted by Gasteiger charge is 2.04. The SMILES string of the molecule is NCC/C=C/c1ccncc1.O=C(O)C(=O)O. The predicted molar refractivity (Wildman–Crippen MR) is 62.2 cm³/mol. The van der Waals surface area contributed by atoms with Crippen LogP contribution in [-0.4, -0.2) is 33.7 Å². The zero-order chi connectivity index (χ0) is 13.1. The number of carboxylic acids is 2. The third-order valence-electron chi connectivity index (χ3n) is 1.53. The van der Waals surface area contributed by atoms with Crippen molar-refractivity contribution in [2.45, 2.75) is 6.42 Å². The zero-order valence-corrected chi connectivity index (χ0v) is 9.11. The van der Waals surface area contributed by atoms with Gasteiger partial charge in [0.15, 0.2) is 0 Å². The van der Waals surface area contributed by atoms with Crippen LogP contribution in [0.25, 0.3) is 6.08 Å². The molecule has 0 atom stereocenters. The molecular weight excluding hydrogens is 224 g/mol. The smallest absolute Gasteiger partial charge is 0.414 e. The van der Waals surface area contributed by atoms with Crippen LogP contribution < -0.4 is 5.73 Å². The van der Waals surface area contributed by atoms with E-state index in [9.17, 15) is 0 Å². The lowest BCUT2D eigenvalue weighted by atomic mass is 10.2. The molecule has 0 saturated carbocycles. The zero-order valence-electron chi connectivity index (χ0n) is 9.11. The van der Waals surface area contributed by atoms with Crippen molar-refractivity contribution in [3.8, 4) is 0 Å². The van der Waals surface area contributed by atoms with E-state index in [1.54, 1.807) is 12.4 Å². The van der Waals surface area contributed by atoms with E-state index < -0.39 is 11.9 Å². The van der Waals surface area contributed by atoms with E-state index >= 15 is 0 Å². The molecule has 6 nitrogen and oxygen atoms in total. The maximum absolute atomic E-state index is 9.10. The molecule has 0 aliphatic rings. The number of rotatable bonds is 3. The minimum absolute atomic E-state index is 0.710. The van der Waals surface area contributed by atoms with Crippen LogP contribution in [0.1, 0.15) is 12.0 Å². The number of carboxylic acid groups (broad SMARTS) is 2. The lowest BCUT2D eigenvalue weighted by Gasteiger charge is -1.89. The summed E-state index contributed by atoms with van der Waals surface area (Å²) in [5.41, 5.74) is 6.50. The number of aromatic nitrogens is 1. The Morgan fingerprint density at radius 1 is 1.24 bits per heavy atom. The molecule has 4 N–H and O–H groups in total. The molecule has 92 valence electrons. The number of pyridine rings is 1. The van der Waals surface area contributed by atoms with Gasteiger partial charge in [0.05, 0.1) is 0 Å². The van der Waals surface area contributed by atoms with Crippen LogP contribution in [0.4, 0.5) is 0 Å². The van der Waals surface area contributed by atoms with Crippen molar-refractivity contribution in [1.82, 2.24) is 4.98 Å². The predicted octanol–water partition coefficient (Wildman–Crippen LogP) is 0.599. The molecule has 0 spiro atoms. The van der Waals surface area contributed by atoms with Gasteiger partial charge in [-0.1, -0.05) is 12.2 Å². The summed E-state index contributed by atoms with van der Waals surface area (Å²) in [7, 11) is 0. The summed E-state index contributed by atoms with van der Waals surface area (Å²) in [4.78, 5) is 22.1. The van der Waals surface area contributed by atoms with Crippen molar-refractivity contribution in [1.29, 1.82) is 0 Å². The largest absolute Gasteiger partial charge is 0.473 e. The average molecular weight is 238 g/mol. The summed E-state index contributed by atoms with van der Waals surface area (Å²) in [6, 6.07) is 3.93. The number of nitrogens with zero attached hydrogens (tertiary/aromatic N) is 1. The van der Waals surface area contributed by atoms with Crippen molar-refractivity contribution in [2.24, 2.45) is 5.73 Å². The molecule has 0 fully saturated rings. The fraction of sp³-hybridized carbons (Fsp3) is 0.182. The first kappa shape index (κ1) is 14.8. The summed E-state index contributed by atoms with van der Waals surface area (Å²) in [5, 5.41) is 14.8. The molecule has 0 saturated heterocycles. The highest BCUT2D eigenvalue weighted by molar-refractivity contribution is 6.27. The molecule has 1 rings (SSSR count). The molecule has 17 heavy (non-hydrogen) atoms. The molecule has 0 unspecified atom stereocenters. The van der Waals surface area contributed by atoms with Crippen LogP contribution in [0, 0.1) is 0 Å². The van der Waals surface area contributed by atoms with E-state index in [0.29, 0.717) is 6.54 Å². The summed E-state index contributed by atoms with van der Waals surface area (Å²) in [5.74, 6) is -3.65. The molecule has 0 aliphatic carbocycles. The second-order valence-corrected chi connectivity index (χ2v) is 2.87. The van der Waals surface area contributed by atoms with Crippen molar-refractivity contribution >= 4 is 18.0 Å². The molecule has 0 aromatic carbocycles. The fourth-order valence-corrected chi connectivity index (χ4v) is 0.790. The molecule has 0 aliphatic heterocycles. The van der Waals surface area contributed by atoms with Crippen molar-refractivity contribution in [2.75, 3.05) is 6.54 Å². The highest BCUT2D eigenvalue weighted by atomic mass is 16.4. The second kappa shape index (κ2) is 9.05. The topological polar surface area (TPSA) is 114 Å². The second-order valence-electron chi connectivity index (χ2n) is 2.87. The molecule has 6 heteroatoms. The number of hydrogen-bond acceptors (Lipinski definition) is 4. The van der Waals surface area contributed by atoms with Crippen LogP contribution in [0.5, 0.6) is 0 Å². The number of hydrogen-bond donors (Lipinski definition) is 3. The molecule has 1 heterocycles. The maximum Gasteiger partial charge on any atom is 0.414 e. The Balaban J connectivity index is 0.000000366. The third-order valence-corrected chi connectivity index (χ3v) is 1.53. The third kappa shape index (κ3) is 8.76. The van der Waals surface area contributed by atoms with Crippen LogP contribution in [-0.2, 0) is 9.59 Å². The first-order valence-corrected chi connectivity index (χ1v) is 4.80. The standard InChI is InChI=1S/C9H12N2.C2H2O4/c10-6-2-1-3-9-4-7-11-8-5-9;3-1(4)2(5)6/h1,3-5,7-8H,2,6,10H2;(H,3,4)(H,5,6)/b3-1+;. The minimum atomic E-state index is -1.82. The van der Waals surface area contributed by atoms with Crippen LogP contribution in [0.3, 0.4) is 0 Å². The van der Waals surface area contributed by atoms with E-state index in [0.717, 1.165) is 6.42 Å². The van der Waals surface area contributed by atoms with Crippen LogP contribution >= 0.6 is 0 Å². The van der Waals surface area contributed by atoms with E-state index in [-0.39, 0.29) is 0 Å². The quantitative estimate of drug-likeness (QED) is 0.664. The van der Waals surface area contributed by atoms with Crippen LogP contribution in [0.15, 0.2) is 30.6 Å². The van der Waals surface area contributed by atoms with Crippen molar-refractivity contribution in [3.05, 3.63) is 36.2 Å². The van der Waals surface area contributed by atoms with E-state index in [4.69, 9.17) is 25.5 Å². The lowest BCUT2D eigenvalue weighted by Crippen LogP contribution is -2.09. The van der Waals surface area contributed by atoms with Gasteiger partial charge in [-0.05, 0) is 30.7 Å². The first-order chi connectivity index (χ1) is 8.07. The molecule has 1 aromatic rings. The van der Waals surface area contributed by atoms with Gasteiger partial charge in [-0.15, -0.1) is 0 Å². The van der Waals surface area contributed by atoms with Gasteiger partial charge in [0.2, 0.25) is 0 Å². The Kier molecular flexibility index (Phi) is 7.87. The summed E-state index contributed by atoms with van der Waals surface area (Å²) < 4.78 is 0. The molecule has 0 bridgehead atoms. The Morgan fingerprint density at radius 3 is 2.18 bits per heavy atom. The number of carbonyl (C=O) groups is 2. The average Bonchev–Trinajstić information content (AvgIpc) is 2.31. The summed E-state index contributed by atoms with van der Waals surface area (Å²) in [6.07, 6.45) is 8.61. The Morgan fingerprint density at radius 2 is 1.76 bits per heavy atom. The van der Waals surface area contributed by atoms with Gasteiger partial charge >= 0.3 is 11.9 Å². The van der Waals surface area contributed by atoms with Gasteiger partial charge in [-0.2, -0.15) is 0 Å². The fourth-order valence-electron chi connectivity index (χ4n) is 0.790. The first-order valence-electron chi connectivity index (χ1n) is 4.80. The highest BCUT2D eigenvalue weighted by Crippen LogP contribution is 1.99. The molecule has 1 aromatic heterocycles. The summed E-state index contributed by atoms with van der Waals surface area (Å²) in [6.45, 7) is 0.710. The van der Waals surface area contributed by atoms with E-state index in [1.807, 2.05) is 12.1 Å². The van der Waals surface area contributed by atoms with Gasteiger partial charge < -0.3 is 15.9 Å². The molecule has 0 radical (unpaired) electrons. The Labute approximate surface area is 98.4 Å². The van der Waals surface area contributed by atoms with Gasteiger partial charge in [-0.3, -0.25) is 4.98 Å². The van der Waals surface area contributed by atoms with Gasteiger partial charge in [0, 0.05) is 12.4 Å². The minimum Gasteiger partial charge on any atom is -0.473 e. The Bertz CT molecular complexity index is 364. The van der Waals surface area contributed by atoms with E-state index in [2.05, 4.69) is 17.1 Å². The van der Waals surface area contributed by atoms with E-state index in [1.165, 1.54) is 5.56 Å². The number of aliphatic carboxylic acids is 2. The maximum atomic E-state index is 9.10. The summed E-state index contributed by atoms with van der Waals surface area (Å²) >= 11 is 0. The van der Waals surface area contributed by atoms with Crippen LogP contribution in [0.2, 0.25) is 0 Å². The lowest BCUT2D eigenvalue weighted by molar-refractivity contribution is -0.159. The molecular formula is C11H14N2O4. The monoisotopic (exact) mass is 238 g/mol. The number of nitrogens with two attached hydrogens (primary N) is 1.